The number of rotatable bonds is 3. The van der Waals surface area contributed by atoms with E-state index in [0.717, 1.165) is 37.1 Å². The number of nitrogens with two attached hydrogens (primary N) is 1. The first-order valence-electron chi connectivity index (χ1n) is 7.45. The van der Waals surface area contributed by atoms with Crippen molar-refractivity contribution in [2.75, 3.05) is 13.1 Å². The maximum Gasteiger partial charge on any atom is 0.253 e. The van der Waals surface area contributed by atoms with Gasteiger partial charge in [-0.2, -0.15) is 0 Å². The first-order valence-corrected chi connectivity index (χ1v) is 7.45. The molecule has 4 heteroatoms. The van der Waals surface area contributed by atoms with Crippen molar-refractivity contribution in [2.45, 2.75) is 12.8 Å². The maximum atomic E-state index is 12.5. The summed E-state index contributed by atoms with van der Waals surface area (Å²) in [6, 6.07) is 14.7. The van der Waals surface area contributed by atoms with E-state index in [9.17, 15) is 9.59 Å². The molecule has 3 rings (SSSR count). The van der Waals surface area contributed by atoms with Gasteiger partial charge in [-0.05, 0) is 48.2 Å². The monoisotopic (exact) mass is 294 g/mol. The Kier molecular flexibility index (Phi) is 3.92. The van der Waals surface area contributed by atoms with Crippen LogP contribution in [0.5, 0.6) is 0 Å². The summed E-state index contributed by atoms with van der Waals surface area (Å²) in [5, 5.41) is 0. The van der Waals surface area contributed by atoms with Crippen molar-refractivity contribution in [3.63, 3.8) is 0 Å². The second kappa shape index (κ2) is 6.02. The normalized spacial score (nSPS) is 14.1. The molecule has 0 radical (unpaired) electrons. The summed E-state index contributed by atoms with van der Waals surface area (Å²) in [6.45, 7) is 1.67. The molecule has 0 aliphatic carbocycles. The third-order valence-electron chi connectivity index (χ3n) is 3.98. The summed E-state index contributed by atoms with van der Waals surface area (Å²) in [7, 11) is 0. The Bertz CT molecular complexity index is 719. The molecule has 1 heterocycles. The molecule has 1 saturated heterocycles. The van der Waals surface area contributed by atoms with Gasteiger partial charge in [0.25, 0.3) is 5.91 Å². The number of hydrogen-bond acceptors (Lipinski definition) is 2. The van der Waals surface area contributed by atoms with E-state index in [1.807, 2.05) is 35.2 Å². The van der Waals surface area contributed by atoms with E-state index in [1.54, 1.807) is 18.2 Å². The minimum atomic E-state index is -0.453. The van der Waals surface area contributed by atoms with E-state index < -0.39 is 5.91 Å². The maximum absolute atomic E-state index is 12.5. The van der Waals surface area contributed by atoms with Crippen LogP contribution in [0, 0.1) is 0 Å². The smallest absolute Gasteiger partial charge is 0.253 e. The van der Waals surface area contributed by atoms with Gasteiger partial charge in [0.15, 0.2) is 0 Å². The van der Waals surface area contributed by atoms with Gasteiger partial charge in [-0.3, -0.25) is 9.59 Å². The van der Waals surface area contributed by atoms with Gasteiger partial charge in [0.1, 0.15) is 0 Å². The summed E-state index contributed by atoms with van der Waals surface area (Å²) in [5.74, 6) is -0.378. The topological polar surface area (TPSA) is 63.4 Å². The third-order valence-corrected chi connectivity index (χ3v) is 3.98. The Morgan fingerprint density at radius 1 is 0.864 bits per heavy atom. The molecule has 0 aromatic heterocycles. The highest BCUT2D eigenvalue weighted by Gasteiger charge is 2.19. The van der Waals surface area contributed by atoms with Crippen LogP contribution in [0.4, 0.5) is 0 Å². The highest BCUT2D eigenvalue weighted by Crippen LogP contribution is 2.23. The fourth-order valence-electron chi connectivity index (χ4n) is 2.79. The quantitative estimate of drug-likeness (QED) is 0.946. The highest BCUT2D eigenvalue weighted by atomic mass is 16.2. The van der Waals surface area contributed by atoms with Gasteiger partial charge in [0.2, 0.25) is 5.91 Å². The van der Waals surface area contributed by atoms with Crippen LogP contribution in [0.25, 0.3) is 11.1 Å². The van der Waals surface area contributed by atoms with Crippen molar-refractivity contribution in [1.29, 1.82) is 0 Å². The lowest BCUT2D eigenvalue weighted by atomic mass is 10.0. The number of nitrogens with zero attached hydrogens (tertiary/aromatic N) is 1. The van der Waals surface area contributed by atoms with Crippen molar-refractivity contribution >= 4 is 11.8 Å². The molecule has 2 N–H and O–H groups in total. The van der Waals surface area contributed by atoms with E-state index in [-0.39, 0.29) is 5.91 Å². The zero-order valence-corrected chi connectivity index (χ0v) is 12.3. The number of amides is 2. The molecule has 1 aliphatic heterocycles. The number of carbonyl (C=O) groups excluding carboxylic acids is 2. The van der Waals surface area contributed by atoms with Crippen LogP contribution >= 0.6 is 0 Å². The summed E-state index contributed by atoms with van der Waals surface area (Å²) in [4.78, 5) is 25.6. The largest absolute Gasteiger partial charge is 0.366 e. The van der Waals surface area contributed by atoms with E-state index in [4.69, 9.17) is 5.73 Å². The summed E-state index contributed by atoms with van der Waals surface area (Å²) in [6.07, 6.45) is 2.15. The molecule has 22 heavy (non-hydrogen) atoms. The van der Waals surface area contributed by atoms with E-state index in [1.165, 1.54) is 0 Å². The zero-order valence-electron chi connectivity index (χ0n) is 12.3. The van der Waals surface area contributed by atoms with Crippen molar-refractivity contribution in [3.8, 4) is 11.1 Å². The standard InChI is InChI=1S/C18H18N2O2/c19-17(21)15-7-3-5-13(11-15)14-6-4-8-16(12-14)18(22)20-9-1-2-10-20/h3-8,11-12H,1-2,9-10H2,(H2,19,21). The van der Waals surface area contributed by atoms with Crippen molar-refractivity contribution in [2.24, 2.45) is 5.73 Å². The molecule has 4 nitrogen and oxygen atoms in total. The van der Waals surface area contributed by atoms with Gasteiger partial charge in [-0.25, -0.2) is 0 Å². The van der Waals surface area contributed by atoms with Crippen LogP contribution in [0.3, 0.4) is 0 Å². The van der Waals surface area contributed by atoms with Gasteiger partial charge < -0.3 is 10.6 Å². The number of hydrogen-bond donors (Lipinski definition) is 1. The van der Waals surface area contributed by atoms with Gasteiger partial charge in [-0.15, -0.1) is 0 Å². The van der Waals surface area contributed by atoms with E-state index in [2.05, 4.69) is 0 Å². The minimum absolute atomic E-state index is 0.0744. The highest BCUT2D eigenvalue weighted by molar-refractivity contribution is 5.96. The zero-order chi connectivity index (χ0) is 15.5. The Labute approximate surface area is 129 Å². The molecule has 0 saturated carbocycles. The van der Waals surface area contributed by atoms with Crippen LogP contribution in [-0.4, -0.2) is 29.8 Å². The molecule has 1 fully saturated rings. The predicted molar refractivity (Wildman–Crippen MR) is 85.5 cm³/mol. The lowest BCUT2D eigenvalue weighted by molar-refractivity contribution is 0.0792. The van der Waals surface area contributed by atoms with Crippen molar-refractivity contribution in [3.05, 3.63) is 59.7 Å². The molecule has 1 aliphatic rings. The lowest BCUT2D eigenvalue weighted by Gasteiger charge is -2.15. The SMILES string of the molecule is NC(=O)c1cccc(-c2cccc(C(=O)N3CCCC3)c2)c1. The fraction of sp³-hybridized carbons (Fsp3) is 0.222. The van der Waals surface area contributed by atoms with Gasteiger partial charge in [-0.1, -0.05) is 24.3 Å². The third kappa shape index (κ3) is 2.86. The molecular formula is C18H18N2O2. The van der Waals surface area contributed by atoms with Crippen LogP contribution in [0.15, 0.2) is 48.5 Å². The number of primary amides is 1. The Hall–Kier alpha value is -2.62. The molecule has 2 aromatic rings. The number of likely N-dealkylation sites (tertiary alicyclic amines) is 1. The van der Waals surface area contributed by atoms with Crippen molar-refractivity contribution in [1.82, 2.24) is 4.90 Å². The summed E-state index contributed by atoms with van der Waals surface area (Å²) >= 11 is 0. The second-order valence-electron chi connectivity index (χ2n) is 5.53. The van der Waals surface area contributed by atoms with Crippen LogP contribution in [0.2, 0.25) is 0 Å². The number of benzene rings is 2. The minimum Gasteiger partial charge on any atom is -0.366 e. The molecule has 0 atom stereocenters. The van der Waals surface area contributed by atoms with Crippen LogP contribution in [-0.2, 0) is 0 Å². The van der Waals surface area contributed by atoms with Gasteiger partial charge in [0, 0.05) is 24.2 Å². The fourth-order valence-corrected chi connectivity index (χ4v) is 2.79. The van der Waals surface area contributed by atoms with Crippen LogP contribution < -0.4 is 5.73 Å². The van der Waals surface area contributed by atoms with Crippen LogP contribution in [0.1, 0.15) is 33.6 Å². The van der Waals surface area contributed by atoms with Crippen molar-refractivity contribution < 1.29 is 9.59 Å². The van der Waals surface area contributed by atoms with E-state index >= 15 is 0 Å². The lowest BCUT2D eigenvalue weighted by Crippen LogP contribution is -2.27. The van der Waals surface area contributed by atoms with Gasteiger partial charge >= 0.3 is 0 Å². The Morgan fingerprint density at radius 3 is 2.00 bits per heavy atom. The molecule has 0 spiro atoms. The molecule has 0 bridgehead atoms. The van der Waals surface area contributed by atoms with E-state index in [0.29, 0.717) is 11.1 Å². The van der Waals surface area contributed by atoms with Gasteiger partial charge in [0.05, 0.1) is 0 Å². The first-order chi connectivity index (χ1) is 10.6. The molecule has 0 unspecified atom stereocenters. The Morgan fingerprint density at radius 2 is 1.41 bits per heavy atom. The average Bonchev–Trinajstić information content (AvgIpc) is 3.09. The number of carbonyl (C=O) groups is 2. The second-order valence-corrected chi connectivity index (χ2v) is 5.53. The molecule has 112 valence electrons. The molecule has 2 aromatic carbocycles. The summed E-state index contributed by atoms with van der Waals surface area (Å²) in [5.41, 5.74) is 8.26. The Balaban J connectivity index is 1.92. The first kappa shape index (κ1) is 14.3. The molecule has 2 amide bonds. The molecular weight excluding hydrogens is 276 g/mol. The predicted octanol–water partition coefficient (Wildman–Crippen LogP) is 2.69. The summed E-state index contributed by atoms with van der Waals surface area (Å²) < 4.78 is 0. The average molecular weight is 294 g/mol.